The Morgan fingerprint density at radius 3 is 2.77 bits per heavy atom. The summed E-state index contributed by atoms with van der Waals surface area (Å²) in [6, 6.07) is 7.51. The van der Waals surface area contributed by atoms with Crippen molar-refractivity contribution in [2.75, 3.05) is 5.73 Å². The average Bonchev–Trinajstić information content (AvgIpc) is 2.86. The third-order valence-corrected chi connectivity index (χ3v) is 3.39. The fourth-order valence-corrected chi connectivity index (χ4v) is 2.33. The van der Waals surface area contributed by atoms with Crippen LogP contribution < -0.4 is 5.73 Å². The van der Waals surface area contributed by atoms with Gasteiger partial charge in [-0.1, -0.05) is 23.6 Å². The van der Waals surface area contributed by atoms with Crippen LogP contribution in [0.15, 0.2) is 30.6 Å². The maximum Gasteiger partial charge on any atom is 0.164 e. The first kappa shape index (κ1) is 14.4. The summed E-state index contributed by atoms with van der Waals surface area (Å²) in [5, 5.41) is 5.85. The van der Waals surface area contributed by atoms with E-state index < -0.39 is 0 Å². The van der Waals surface area contributed by atoms with Crippen LogP contribution in [0.4, 0.5) is 5.82 Å². The van der Waals surface area contributed by atoms with E-state index in [-0.39, 0.29) is 6.04 Å². The lowest BCUT2D eigenvalue weighted by Crippen LogP contribution is -2.04. The smallest absolute Gasteiger partial charge is 0.164 e. The largest absolute Gasteiger partial charge is 0.383 e. The molecule has 0 aliphatic rings. The van der Waals surface area contributed by atoms with E-state index in [0.29, 0.717) is 27.6 Å². The Kier molecular flexibility index (Phi) is 3.70. The average molecular weight is 312 g/mol. The second kappa shape index (κ2) is 5.66. The van der Waals surface area contributed by atoms with Crippen LogP contribution in [-0.2, 0) is 0 Å². The van der Waals surface area contributed by atoms with Gasteiger partial charge in [-0.2, -0.15) is 5.10 Å². The van der Waals surface area contributed by atoms with E-state index in [9.17, 15) is 0 Å². The Labute approximate surface area is 133 Å². The standard InChI is InChI=1S/C16H14ClN5/c1-10(2)22-16-14(15(18)19-9-20-16)13(21-22)7-6-11-4-3-5-12(17)8-11/h3-5,8-10H,1-2H3,(H2,18,19,20). The van der Waals surface area contributed by atoms with Crippen molar-refractivity contribution in [1.82, 2.24) is 19.7 Å². The van der Waals surface area contributed by atoms with Gasteiger partial charge in [0.15, 0.2) is 5.65 Å². The molecule has 2 heterocycles. The molecule has 0 aliphatic carbocycles. The topological polar surface area (TPSA) is 69.6 Å². The van der Waals surface area contributed by atoms with Crippen molar-refractivity contribution in [3.63, 3.8) is 0 Å². The number of anilines is 1. The van der Waals surface area contributed by atoms with Gasteiger partial charge in [0.1, 0.15) is 17.8 Å². The summed E-state index contributed by atoms with van der Waals surface area (Å²) >= 11 is 5.97. The van der Waals surface area contributed by atoms with Gasteiger partial charge in [-0.3, -0.25) is 0 Å². The molecule has 2 aromatic heterocycles. The first-order valence-electron chi connectivity index (χ1n) is 6.82. The van der Waals surface area contributed by atoms with E-state index in [1.165, 1.54) is 6.33 Å². The fourth-order valence-electron chi connectivity index (χ4n) is 2.14. The fraction of sp³-hybridized carbons (Fsp3) is 0.188. The minimum atomic E-state index is 0.151. The van der Waals surface area contributed by atoms with E-state index >= 15 is 0 Å². The third kappa shape index (κ3) is 2.61. The van der Waals surface area contributed by atoms with Crippen LogP contribution in [-0.4, -0.2) is 19.7 Å². The van der Waals surface area contributed by atoms with Crippen molar-refractivity contribution < 1.29 is 0 Å². The second-order valence-electron chi connectivity index (χ2n) is 5.10. The van der Waals surface area contributed by atoms with Crippen LogP contribution in [0.2, 0.25) is 5.02 Å². The molecule has 0 amide bonds. The number of halogens is 1. The molecule has 2 N–H and O–H groups in total. The third-order valence-electron chi connectivity index (χ3n) is 3.16. The first-order chi connectivity index (χ1) is 10.6. The Hall–Kier alpha value is -2.58. The number of rotatable bonds is 1. The van der Waals surface area contributed by atoms with Crippen LogP contribution in [0.3, 0.4) is 0 Å². The van der Waals surface area contributed by atoms with Crippen molar-refractivity contribution in [3.8, 4) is 11.8 Å². The molecule has 110 valence electrons. The summed E-state index contributed by atoms with van der Waals surface area (Å²) in [4.78, 5) is 8.31. The molecule has 0 spiro atoms. The highest BCUT2D eigenvalue weighted by Crippen LogP contribution is 2.23. The molecule has 0 radical (unpaired) electrons. The zero-order valence-corrected chi connectivity index (χ0v) is 13.0. The van der Waals surface area contributed by atoms with Gasteiger partial charge in [0.25, 0.3) is 0 Å². The van der Waals surface area contributed by atoms with E-state index in [4.69, 9.17) is 17.3 Å². The van der Waals surface area contributed by atoms with Crippen molar-refractivity contribution in [1.29, 1.82) is 0 Å². The quantitative estimate of drug-likeness (QED) is 0.701. The molecule has 3 aromatic rings. The molecular formula is C16H14ClN5. The zero-order chi connectivity index (χ0) is 15.7. The number of nitrogens with zero attached hydrogens (tertiary/aromatic N) is 4. The molecule has 0 atom stereocenters. The summed E-state index contributed by atoms with van der Waals surface area (Å²) in [5.74, 6) is 6.48. The Bertz CT molecular complexity index is 902. The molecule has 6 heteroatoms. The SMILES string of the molecule is CC(C)n1nc(C#Cc2cccc(Cl)c2)c2c(N)ncnc21. The van der Waals surface area contributed by atoms with E-state index in [1.54, 1.807) is 16.8 Å². The number of nitrogens with two attached hydrogens (primary N) is 1. The summed E-state index contributed by atoms with van der Waals surface area (Å²) in [6.07, 6.45) is 1.44. The van der Waals surface area contributed by atoms with Crippen molar-refractivity contribution >= 4 is 28.5 Å². The van der Waals surface area contributed by atoms with Gasteiger partial charge in [0, 0.05) is 16.6 Å². The highest BCUT2D eigenvalue weighted by Gasteiger charge is 2.15. The predicted molar refractivity (Wildman–Crippen MR) is 87.6 cm³/mol. The zero-order valence-electron chi connectivity index (χ0n) is 12.2. The van der Waals surface area contributed by atoms with Gasteiger partial charge < -0.3 is 5.73 Å². The van der Waals surface area contributed by atoms with Gasteiger partial charge in [-0.25, -0.2) is 14.6 Å². The van der Waals surface area contributed by atoms with Gasteiger partial charge >= 0.3 is 0 Å². The van der Waals surface area contributed by atoms with Crippen molar-refractivity contribution in [3.05, 3.63) is 46.9 Å². The number of hydrogen-bond acceptors (Lipinski definition) is 4. The summed E-state index contributed by atoms with van der Waals surface area (Å²) in [6.45, 7) is 4.05. The molecular weight excluding hydrogens is 298 g/mol. The van der Waals surface area contributed by atoms with Gasteiger partial charge in [0.2, 0.25) is 0 Å². The van der Waals surface area contributed by atoms with Crippen LogP contribution in [0.1, 0.15) is 31.1 Å². The molecule has 0 saturated heterocycles. The molecule has 0 saturated carbocycles. The van der Waals surface area contributed by atoms with Gasteiger partial charge in [0.05, 0.1) is 5.39 Å². The lowest BCUT2D eigenvalue weighted by atomic mass is 10.2. The summed E-state index contributed by atoms with van der Waals surface area (Å²) in [7, 11) is 0. The molecule has 5 nitrogen and oxygen atoms in total. The van der Waals surface area contributed by atoms with Crippen LogP contribution in [0.25, 0.3) is 11.0 Å². The number of benzene rings is 1. The number of nitrogen functional groups attached to an aromatic ring is 1. The predicted octanol–water partition coefficient (Wildman–Crippen LogP) is 3.04. The minimum absolute atomic E-state index is 0.151. The molecule has 3 rings (SSSR count). The van der Waals surface area contributed by atoms with Crippen molar-refractivity contribution in [2.45, 2.75) is 19.9 Å². The molecule has 1 aromatic carbocycles. The van der Waals surface area contributed by atoms with E-state index in [1.807, 2.05) is 26.0 Å². The normalized spacial score (nSPS) is 10.7. The highest BCUT2D eigenvalue weighted by atomic mass is 35.5. The van der Waals surface area contributed by atoms with E-state index in [2.05, 4.69) is 26.9 Å². The van der Waals surface area contributed by atoms with Crippen molar-refractivity contribution in [2.24, 2.45) is 0 Å². The molecule has 22 heavy (non-hydrogen) atoms. The van der Waals surface area contributed by atoms with Crippen LogP contribution in [0, 0.1) is 11.8 Å². The Morgan fingerprint density at radius 2 is 2.05 bits per heavy atom. The number of hydrogen-bond donors (Lipinski definition) is 1. The molecule has 0 fully saturated rings. The highest BCUT2D eigenvalue weighted by molar-refractivity contribution is 6.30. The molecule has 0 bridgehead atoms. The lowest BCUT2D eigenvalue weighted by molar-refractivity contribution is 0.545. The van der Waals surface area contributed by atoms with E-state index in [0.717, 1.165) is 5.56 Å². The maximum atomic E-state index is 5.97. The monoisotopic (exact) mass is 311 g/mol. The lowest BCUT2D eigenvalue weighted by Gasteiger charge is -2.05. The summed E-state index contributed by atoms with van der Waals surface area (Å²) in [5.41, 5.74) is 8.05. The van der Waals surface area contributed by atoms with Gasteiger partial charge in [-0.15, -0.1) is 0 Å². The van der Waals surface area contributed by atoms with Gasteiger partial charge in [-0.05, 0) is 38.0 Å². The number of fused-ring (bicyclic) bond motifs is 1. The molecule has 0 aliphatic heterocycles. The van der Waals surface area contributed by atoms with Crippen LogP contribution in [0.5, 0.6) is 0 Å². The first-order valence-corrected chi connectivity index (χ1v) is 7.20. The second-order valence-corrected chi connectivity index (χ2v) is 5.54. The summed E-state index contributed by atoms with van der Waals surface area (Å²) < 4.78 is 1.80. The Balaban J connectivity index is 2.16. The maximum absolute atomic E-state index is 5.97. The Morgan fingerprint density at radius 1 is 1.23 bits per heavy atom. The molecule has 0 unspecified atom stereocenters. The van der Waals surface area contributed by atoms with Crippen LogP contribution >= 0.6 is 11.6 Å². The number of aromatic nitrogens is 4. The minimum Gasteiger partial charge on any atom is -0.383 e.